The van der Waals surface area contributed by atoms with Gasteiger partial charge in [0.2, 0.25) is 0 Å². The van der Waals surface area contributed by atoms with Crippen LogP contribution in [0, 0.1) is 11.3 Å². The highest BCUT2D eigenvalue weighted by atomic mass is 15.3. The van der Waals surface area contributed by atoms with Gasteiger partial charge in [0.25, 0.3) is 0 Å². The first-order valence-electron chi connectivity index (χ1n) is 4.44. The molecule has 15 heavy (non-hydrogen) atoms. The van der Waals surface area contributed by atoms with Crippen LogP contribution in [-0.4, -0.2) is 14.8 Å². The van der Waals surface area contributed by atoms with Gasteiger partial charge in [-0.3, -0.25) is 0 Å². The number of nitrogens with zero attached hydrogens (tertiary/aromatic N) is 4. The molecule has 0 amide bonds. The van der Waals surface area contributed by atoms with E-state index in [0.29, 0.717) is 17.9 Å². The molecule has 0 aliphatic carbocycles. The van der Waals surface area contributed by atoms with Crippen LogP contribution in [0.15, 0.2) is 30.7 Å². The molecular weight excluding hydrogens is 190 g/mol. The molecule has 0 bridgehead atoms. The second-order valence-electron chi connectivity index (χ2n) is 2.98. The largest absolute Gasteiger partial charge is 0.326 e. The van der Waals surface area contributed by atoms with Crippen LogP contribution < -0.4 is 5.73 Å². The summed E-state index contributed by atoms with van der Waals surface area (Å²) in [5.74, 6) is 0.528. The monoisotopic (exact) mass is 199 g/mol. The van der Waals surface area contributed by atoms with E-state index in [1.807, 2.05) is 0 Å². The predicted molar refractivity (Wildman–Crippen MR) is 54.0 cm³/mol. The average Bonchev–Trinajstić information content (AvgIpc) is 2.77. The second kappa shape index (κ2) is 3.90. The van der Waals surface area contributed by atoms with Gasteiger partial charge in [-0.05, 0) is 12.1 Å². The topological polar surface area (TPSA) is 80.5 Å². The molecule has 0 saturated heterocycles. The number of aromatic nitrogens is 3. The molecule has 0 radical (unpaired) electrons. The molecule has 0 aliphatic heterocycles. The zero-order valence-electron chi connectivity index (χ0n) is 7.96. The summed E-state index contributed by atoms with van der Waals surface area (Å²) in [5, 5.41) is 13.0. The molecule has 2 rings (SSSR count). The van der Waals surface area contributed by atoms with Crippen molar-refractivity contribution in [2.45, 2.75) is 6.54 Å². The first-order valence-corrected chi connectivity index (χ1v) is 4.44. The van der Waals surface area contributed by atoms with E-state index in [2.05, 4.69) is 16.2 Å². The van der Waals surface area contributed by atoms with Crippen molar-refractivity contribution in [2.24, 2.45) is 5.73 Å². The fourth-order valence-corrected chi connectivity index (χ4v) is 1.25. The Kier molecular flexibility index (Phi) is 2.44. The quantitative estimate of drug-likeness (QED) is 0.767. The smallest absolute Gasteiger partial charge is 0.171 e. The van der Waals surface area contributed by atoms with E-state index in [1.165, 1.54) is 0 Å². The van der Waals surface area contributed by atoms with Crippen molar-refractivity contribution >= 4 is 0 Å². The van der Waals surface area contributed by atoms with Gasteiger partial charge >= 0.3 is 0 Å². The summed E-state index contributed by atoms with van der Waals surface area (Å²) in [6, 6.07) is 5.48. The lowest BCUT2D eigenvalue weighted by atomic mass is 10.3. The number of hydrogen-bond donors (Lipinski definition) is 1. The Hall–Kier alpha value is -2.19. The zero-order chi connectivity index (χ0) is 10.7. The van der Waals surface area contributed by atoms with Crippen molar-refractivity contribution in [3.63, 3.8) is 0 Å². The van der Waals surface area contributed by atoms with E-state index in [-0.39, 0.29) is 0 Å². The Morgan fingerprint density at radius 3 is 3.07 bits per heavy atom. The minimum absolute atomic E-state index is 0.425. The number of pyridine rings is 1. The van der Waals surface area contributed by atoms with E-state index in [9.17, 15) is 0 Å². The molecule has 0 saturated carbocycles. The molecule has 2 heterocycles. The first kappa shape index (κ1) is 9.37. The van der Waals surface area contributed by atoms with Gasteiger partial charge in [0.1, 0.15) is 6.07 Å². The van der Waals surface area contributed by atoms with E-state index in [1.54, 1.807) is 35.4 Å². The maximum Gasteiger partial charge on any atom is 0.171 e. The number of hydrogen-bond acceptors (Lipinski definition) is 4. The Morgan fingerprint density at radius 1 is 1.53 bits per heavy atom. The standard InChI is InChI=1S/C10H9N5/c11-4-8-6-14-15(7-8)10-9(5-12)2-1-3-13-10/h1-3,6-7H,4,11H2. The molecular formula is C10H9N5. The van der Waals surface area contributed by atoms with E-state index in [0.717, 1.165) is 5.56 Å². The molecule has 2 N–H and O–H groups in total. The van der Waals surface area contributed by atoms with Crippen molar-refractivity contribution in [2.75, 3.05) is 0 Å². The van der Waals surface area contributed by atoms with Crippen molar-refractivity contribution in [1.29, 1.82) is 5.26 Å². The lowest BCUT2D eigenvalue weighted by Crippen LogP contribution is -2.01. The third-order valence-electron chi connectivity index (χ3n) is 2.00. The van der Waals surface area contributed by atoms with Gasteiger partial charge in [-0.15, -0.1) is 0 Å². The summed E-state index contributed by atoms with van der Waals surface area (Å²) in [4.78, 5) is 4.10. The van der Waals surface area contributed by atoms with Gasteiger partial charge in [-0.2, -0.15) is 10.4 Å². The third kappa shape index (κ3) is 1.71. The summed E-state index contributed by atoms with van der Waals surface area (Å²) in [6.45, 7) is 0.425. The van der Waals surface area contributed by atoms with E-state index in [4.69, 9.17) is 11.0 Å². The number of nitriles is 1. The lowest BCUT2D eigenvalue weighted by molar-refractivity contribution is 0.842. The van der Waals surface area contributed by atoms with Crippen molar-refractivity contribution in [3.05, 3.63) is 41.9 Å². The van der Waals surface area contributed by atoms with Crippen LogP contribution in [0.5, 0.6) is 0 Å². The maximum absolute atomic E-state index is 8.89. The summed E-state index contributed by atoms with van der Waals surface area (Å²) >= 11 is 0. The molecule has 0 spiro atoms. The molecule has 2 aromatic rings. The lowest BCUT2D eigenvalue weighted by Gasteiger charge is -2.00. The summed E-state index contributed by atoms with van der Waals surface area (Å²) < 4.78 is 1.56. The van der Waals surface area contributed by atoms with Crippen LogP contribution in [0.1, 0.15) is 11.1 Å². The van der Waals surface area contributed by atoms with Crippen LogP contribution in [0.2, 0.25) is 0 Å². The maximum atomic E-state index is 8.89. The Bertz CT molecular complexity index is 509. The molecule has 0 aliphatic rings. The zero-order valence-corrected chi connectivity index (χ0v) is 7.96. The highest BCUT2D eigenvalue weighted by Gasteiger charge is 2.05. The van der Waals surface area contributed by atoms with Crippen LogP contribution in [0.4, 0.5) is 0 Å². The van der Waals surface area contributed by atoms with E-state index < -0.39 is 0 Å². The van der Waals surface area contributed by atoms with Crippen LogP contribution in [-0.2, 0) is 6.54 Å². The van der Waals surface area contributed by atoms with Crippen molar-refractivity contribution < 1.29 is 0 Å². The molecule has 0 atom stereocenters. The van der Waals surface area contributed by atoms with E-state index >= 15 is 0 Å². The van der Waals surface area contributed by atoms with Crippen LogP contribution in [0.25, 0.3) is 5.82 Å². The molecule has 74 valence electrons. The van der Waals surface area contributed by atoms with Crippen LogP contribution >= 0.6 is 0 Å². The van der Waals surface area contributed by atoms with Gasteiger partial charge in [-0.25, -0.2) is 9.67 Å². The molecule has 5 nitrogen and oxygen atoms in total. The fourth-order valence-electron chi connectivity index (χ4n) is 1.25. The molecule has 0 unspecified atom stereocenters. The summed E-state index contributed by atoms with van der Waals surface area (Å²) in [7, 11) is 0. The molecule has 0 fully saturated rings. The fraction of sp³-hybridized carbons (Fsp3) is 0.100. The minimum atomic E-state index is 0.425. The minimum Gasteiger partial charge on any atom is -0.326 e. The Labute approximate surface area is 86.8 Å². The highest BCUT2D eigenvalue weighted by molar-refractivity contribution is 5.42. The average molecular weight is 199 g/mol. The van der Waals surface area contributed by atoms with Gasteiger partial charge in [0.15, 0.2) is 5.82 Å². The van der Waals surface area contributed by atoms with Gasteiger partial charge in [0.05, 0.1) is 11.8 Å². The van der Waals surface area contributed by atoms with Gasteiger partial charge in [-0.1, -0.05) is 0 Å². The number of nitrogens with two attached hydrogens (primary N) is 1. The first-order chi connectivity index (χ1) is 7.35. The van der Waals surface area contributed by atoms with Gasteiger partial charge in [0, 0.05) is 24.5 Å². The summed E-state index contributed by atoms with van der Waals surface area (Å²) in [5.41, 5.74) is 6.87. The normalized spacial score (nSPS) is 9.87. The summed E-state index contributed by atoms with van der Waals surface area (Å²) in [6.07, 6.45) is 5.05. The third-order valence-corrected chi connectivity index (χ3v) is 2.00. The second-order valence-corrected chi connectivity index (χ2v) is 2.98. The molecule has 5 heteroatoms. The SMILES string of the molecule is N#Cc1cccnc1-n1cc(CN)cn1. The predicted octanol–water partition coefficient (Wildman–Crippen LogP) is 0.598. The highest BCUT2D eigenvalue weighted by Crippen LogP contribution is 2.09. The van der Waals surface area contributed by atoms with Crippen molar-refractivity contribution in [3.8, 4) is 11.9 Å². The molecule has 2 aromatic heterocycles. The van der Waals surface area contributed by atoms with Gasteiger partial charge < -0.3 is 5.73 Å². The van der Waals surface area contributed by atoms with Crippen molar-refractivity contribution in [1.82, 2.24) is 14.8 Å². The Balaban J connectivity index is 2.49. The van der Waals surface area contributed by atoms with Crippen LogP contribution in [0.3, 0.4) is 0 Å². The number of rotatable bonds is 2. The molecule has 0 aromatic carbocycles. The Morgan fingerprint density at radius 2 is 2.40 bits per heavy atom.